The van der Waals surface area contributed by atoms with Crippen LogP contribution in [0.1, 0.15) is 11.1 Å². The Morgan fingerprint density at radius 1 is 1.40 bits per heavy atom. The molecule has 0 radical (unpaired) electrons. The molecular weight excluding hydrogens is 348 g/mol. The van der Waals surface area contributed by atoms with Crippen molar-refractivity contribution in [1.82, 2.24) is 4.57 Å². The third-order valence-electron chi connectivity index (χ3n) is 2.79. The zero-order valence-corrected chi connectivity index (χ0v) is 12.8. The fourth-order valence-corrected chi connectivity index (χ4v) is 2.63. The average Bonchev–Trinajstić information content (AvgIpc) is 2.37. The van der Waals surface area contributed by atoms with Gasteiger partial charge in [0, 0.05) is 22.3 Å². The van der Waals surface area contributed by atoms with Gasteiger partial charge in [-0.3, -0.25) is 14.9 Å². The lowest BCUT2D eigenvalue weighted by Gasteiger charge is -2.08. The van der Waals surface area contributed by atoms with E-state index in [4.69, 9.17) is 11.6 Å². The third-order valence-corrected chi connectivity index (χ3v) is 3.55. The van der Waals surface area contributed by atoms with Gasteiger partial charge in [0.05, 0.1) is 11.5 Å². The fourth-order valence-electron chi connectivity index (χ4n) is 1.85. The standard InChI is InChI=1S/C13H10BrClN2O3/c1-8-4-10(14)7-16(13(8)18)6-9-2-3-11(15)12(5-9)17(19)20/h2-5,7H,6H2,1H3. The Balaban J connectivity index is 2.43. The molecule has 0 aliphatic heterocycles. The Morgan fingerprint density at radius 3 is 2.75 bits per heavy atom. The number of halogens is 2. The first-order chi connectivity index (χ1) is 9.38. The first-order valence-electron chi connectivity index (χ1n) is 5.68. The monoisotopic (exact) mass is 356 g/mol. The highest BCUT2D eigenvalue weighted by atomic mass is 79.9. The van der Waals surface area contributed by atoms with Crippen molar-refractivity contribution in [3.8, 4) is 0 Å². The number of hydrogen-bond donors (Lipinski definition) is 0. The molecule has 1 heterocycles. The second-order valence-electron chi connectivity index (χ2n) is 4.32. The summed E-state index contributed by atoms with van der Waals surface area (Å²) < 4.78 is 2.27. The minimum absolute atomic E-state index is 0.0801. The summed E-state index contributed by atoms with van der Waals surface area (Å²) >= 11 is 9.08. The Hall–Kier alpha value is -1.66. The van der Waals surface area contributed by atoms with E-state index in [0.717, 1.165) is 4.47 Å². The van der Waals surface area contributed by atoms with Crippen LogP contribution < -0.4 is 5.56 Å². The molecule has 0 saturated heterocycles. The van der Waals surface area contributed by atoms with Gasteiger partial charge in [-0.2, -0.15) is 0 Å². The van der Waals surface area contributed by atoms with Gasteiger partial charge in [-0.05, 0) is 40.5 Å². The van der Waals surface area contributed by atoms with Crippen molar-refractivity contribution in [2.75, 3.05) is 0 Å². The zero-order chi connectivity index (χ0) is 14.9. The summed E-state index contributed by atoms with van der Waals surface area (Å²) in [6.07, 6.45) is 1.65. The Bertz CT molecular complexity index is 743. The Kier molecular flexibility index (Phi) is 4.25. The number of aromatic nitrogens is 1. The summed E-state index contributed by atoms with van der Waals surface area (Å²) in [4.78, 5) is 22.3. The van der Waals surface area contributed by atoms with E-state index in [1.54, 1.807) is 25.3 Å². The van der Waals surface area contributed by atoms with Crippen LogP contribution in [0.3, 0.4) is 0 Å². The maximum Gasteiger partial charge on any atom is 0.288 e. The van der Waals surface area contributed by atoms with Crippen LogP contribution in [-0.4, -0.2) is 9.49 Å². The minimum Gasteiger partial charge on any atom is -0.310 e. The van der Waals surface area contributed by atoms with E-state index in [-0.39, 0.29) is 22.8 Å². The summed E-state index contributed by atoms with van der Waals surface area (Å²) in [6, 6.07) is 6.23. The largest absolute Gasteiger partial charge is 0.310 e. The van der Waals surface area contributed by atoms with Crippen LogP contribution in [0.5, 0.6) is 0 Å². The lowest BCUT2D eigenvalue weighted by atomic mass is 10.2. The van der Waals surface area contributed by atoms with Crippen molar-refractivity contribution in [1.29, 1.82) is 0 Å². The lowest BCUT2D eigenvalue weighted by molar-refractivity contribution is -0.384. The SMILES string of the molecule is Cc1cc(Br)cn(Cc2ccc(Cl)c([N+](=O)[O-])c2)c1=O. The number of aryl methyl sites for hydroxylation is 1. The smallest absolute Gasteiger partial charge is 0.288 e. The molecule has 0 saturated carbocycles. The molecule has 0 aliphatic rings. The molecule has 2 aromatic rings. The number of nitrogens with zero attached hydrogens (tertiary/aromatic N) is 2. The van der Waals surface area contributed by atoms with Gasteiger partial charge in [-0.25, -0.2) is 0 Å². The molecule has 5 nitrogen and oxygen atoms in total. The molecule has 0 bridgehead atoms. The van der Waals surface area contributed by atoms with Crippen LogP contribution in [-0.2, 0) is 6.54 Å². The first kappa shape index (κ1) is 14.7. The van der Waals surface area contributed by atoms with Crippen molar-refractivity contribution < 1.29 is 4.92 Å². The second-order valence-corrected chi connectivity index (χ2v) is 5.64. The van der Waals surface area contributed by atoms with Crippen molar-refractivity contribution in [3.05, 3.63) is 71.6 Å². The molecule has 1 aromatic carbocycles. The molecule has 0 aliphatic carbocycles. The van der Waals surface area contributed by atoms with Gasteiger partial charge in [0.2, 0.25) is 0 Å². The van der Waals surface area contributed by atoms with Gasteiger partial charge in [-0.15, -0.1) is 0 Å². The lowest BCUT2D eigenvalue weighted by Crippen LogP contribution is -2.22. The Labute approximate surface area is 128 Å². The molecule has 0 unspecified atom stereocenters. The van der Waals surface area contributed by atoms with Crippen LogP contribution in [0, 0.1) is 17.0 Å². The predicted octanol–water partition coefficient (Wildman–Crippen LogP) is 3.53. The van der Waals surface area contributed by atoms with Gasteiger partial charge >= 0.3 is 0 Å². The maximum absolute atomic E-state index is 12.0. The quantitative estimate of drug-likeness (QED) is 0.623. The van der Waals surface area contributed by atoms with E-state index in [9.17, 15) is 14.9 Å². The summed E-state index contributed by atoms with van der Waals surface area (Å²) in [6.45, 7) is 1.96. The van der Waals surface area contributed by atoms with E-state index >= 15 is 0 Å². The van der Waals surface area contributed by atoms with Crippen molar-refractivity contribution in [3.63, 3.8) is 0 Å². The highest BCUT2D eigenvalue weighted by Gasteiger charge is 2.13. The summed E-state index contributed by atoms with van der Waals surface area (Å²) in [5.74, 6) is 0. The fraction of sp³-hybridized carbons (Fsp3) is 0.154. The van der Waals surface area contributed by atoms with Gasteiger partial charge < -0.3 is 4.57 Å². The molecule has 0 spiro atoms. The van der Waals surface area contributed by atoms with E-state index < -0.39 is 4.92 Å². The molecule has 0 N–H and O–H groups in total. The highest BCUT2D eigenvalue weighted by molar-refractivity contribution is 9.10. The van der Waals surface area contributed by atoms with Crippen LogP contribution in [0.15, 0.2) is 39.7 Å². The van der Waals surface area contributed by atoms with E-state index in [0.29, 0.717) is 11.1 Å². The molecule has 2 rings (SSSR count). The van der Waals surface area contributed by atoms with Crippen molar-refractivity contribution >= 4 is 33.2 Å². The predicted molar refractivity (Wildman–Crippen MR) is 80.3 cm³/mol. The molecular formula is C13H10BrClN2O3. The first-order valence-corrected chi connectivity index (χ1v) is 6.85. The van der Waals surface area contributed by atoms with E-state index in [1.165, 1.54) is 16.7 Å². The molecule has 0 amide bonds. The van der Waals surface area contributed by atoms with Crippen LogP contribution in [0.4, 0.5) is 5.69 Å². The minimum atomic E-state index is -0.541. The molecule has 7 heteroatoms. The van der Waals surface area contributed by atoms with Crippen molar-refractivity contribution in [2.45, 2.75) is 13.5 Å². The molecule has 20 heavy (non-hydrogen) atoms. The Morgan fingerprint density at radius 2 is 2.10 bits per heavy atom. The topological polar surface area (TPSA) is 65.1 Å². The summed E-state index contributed by atoms with van der Waals surface area (Å²) in [7, 11) is 0. The molecule has 104 valence electrons. The normalized spacial score (nSPS) is 10.6. The van der Waals surface area contributed by atoms with Gasteiger partial charge in [0.1, 0.15) is 5.02 Å². The van der Waals surface area contributed by atoms with Crippen LogP contribution in [0.25, 0.3) is 0 Å². The van der Waals surface area contributed by atoms with E-state index in [2.05, 4.69) is 15.9 Å². The zero-order valence-electron chi connectivity index (χ0n) is 10.5. The molecule has 1 aromatic heterocycles. The second kappa shape index (κ2) is 5.76. The van der Waals surface area contributed by atoms with E-state index in [1.807, 2.05) is 0 Å². The highest BCUT2D eigenvalue weighted by Crippen LogP contribution is 2.25. The van der Waals surface area contributed by atoms with Gasteiger partial charge in [0.15, 0.2) is 0 Å². The van der Waals surface area contributed by atoms with Crippen LogP contribution in [0.2, 0.25) is 5.02 Å². The molecule has 0 fully saturated rings. The number of hydrogen-bond acceptors (Lipinski definition) is 3. The summed E-state index contributed by atoms with van der Waals surface area (Å²) in [5, 5.41) is 10.9. The third kappa shape index (κ3) is 3.08. The number of pyridine rings is 1. The van der Waals surface area contributed by atoms with Crippen molar-refractivity contribution in [2.24, 2.45) is 0 Å². The number of nitro groups is 1. The number of benzene rings is 1. The maximum atomic E-state index is 12.0. The number of nitro benzene ring substituents is 1. The average molecular weight is 358 g/mol. The van der Waals surface area contributed by atoms with Gasteiger partial charge in [0.25, 0.3) is 11.2 Å². The van der Waals surface area contributed by atoms with Crippen LogP contribution >= 0.6 is 27.5 Å². The number of rotatable bonds is 3. The molecule has 0 atom stereocenters. The summed E-state index contributed by atoms with van der Waals surface area (Å²) in [5.41, 5.74) is 0.943. The van der Waals surface area contributed by atoms with Gasteiger partial charge in [-0.1, -0.05) is 17.7 Å².